The van der Waals surface area contributed by atoms with Gasteiger partial charge in [-0.05, 0) is 12.1 Å². The molecular formula is C12H15N3O2. The summed E-state index contributed by atoms with van der Waals surface area (Å²) in [7, 11) is 1.35. The quantitative estimate of drug-likeness (QED) is 0.705. The first kappa shape index (κ1) is 11.6. The van der Waals surface area contributed by atoms with E-state index in [1.807, 2.05) is 26.8 Å². The minimum Gasteiger partial charge on any atom is -0.464 e. The molecule has 2 rings (SSSR count). The molecule has 0 spiro atoms. The summed E-state index contributed by atoms with van der Waals surface area (Å²) in [5, 5.41) is 4.36. The smallest absolute Gasteiger partial charge is 0.356 e. The minimum atomic E-state index is -0.416. The highest BCUT2D eigenvalue weighted by Crippen LogP contribution is 2.19. The van der Waals surface area contributed by atoms with Crippen molar-refractivity contribution >= 4 is 11.6 Å². The second-order valence-corrected chi connectivity index (χ2v) is 4.86. The largest absolute Gasteiger partial charge is 0.464 e. The third kappa shape index (κ3) is 2.00. The summed E-state index contributed by atoms with van der Waals surface area (Å²) in [6.07, 6.45) is 0. The Labute approximate surface area is 99.4 Å². The van der Waals surface area contributed by atoms with Crippen LogP contribution in [-0.2, 0) is 10.2 Å². The molecule has 0 radical (unpaired) electrons. The summed E-state index contributed by atoms with van der Waals surface area (Å²) in [5.41, 5.74) is 0.880. The summed E-state index contributed by atoms with van der Waals surface area (Å²) < 4.78 is 6.23. The van der Waals surface area contributed by atoms with E-state index in [1.165, 1.54) is 11.6 Å². The molecule has 2 aromatic heterocycles. The molecule has 0 saturated carbocycles. The van der Waals surface area contributed by atoms with Gasteiger partial charge in [-0.1, -0.05) is 26.8 Å². The Balaban J connectivity index is 2.65. The standard InChI is InChI=1S/C12H15N3O2/c1-12(2,3)11-13-9-7-5-6-8(10(16)17-4)15(9)14-11/h5-7H,1-4H3. The van der Waals surface area contributed by atoms with Crippen LogP contribution in [0.5, 0.6) is 0 Å². The highest BCUT2D eigenvalue weighted by atomic mass is 16.5. The average Bonchev–Trinajstić information content (AvgIpc) is 2.71. The Bertz CT molecular complexity index is 567. The van der Waals surface area contributed by atoms with Gasteiger partial charge in [0.15, 0.2) is 17.2 Å². The summed E-state index contributed by atoms with van der Waals surface area (Å²) >= 11 is 0. The topological polar surface area (TPSA) is 56.5 Å². The number of ether oxygens (including phenoxy) is 1. The minimum absolute atomic E-state index is 0.153. The van der Waals surface area contributed by atoms with Gasteiger partial charge in [-0.15, -0.1) is 5.10 Å². The first-order valence-corrected chi connectivity index (χ1v) is 5.38. The van der Waals surface area contributed by atoms with Crippen molar-refractivity contribution in [2.24, 2.45) is 0 Å². The number of carbonyl (C=O) groups excluding carboxylic acids is 1. The van der Waals surface area contributed by atoms with Gasteiger partial charge in [-0.25, -0.2) is 14.3 Å². The number of pyridine rings is 1. The fourth-order valence-corrected chi connectivity index (χ4v) is 1.48. The number of hydrogen-bond donors (Lipinski definition) is 0. The van der Waals surface area contributed by atoms with Crippen LogP contribution in [0, 0.1) is 0 Å². The number of fused-ring (bicyclic) bond motifs is 1. The van der Waals surface area contributed by atoms with E-state index in [9.17, 15) is 4.79 Å². The van der Waals surface area contributed by atoms with Crippen LogP contribution in [-0.4, -0.2) is 27.7 Å². The zero-order valence-electron chi connectivity index (χ0n) is 10.4. The van der Waals surface area contributed by atoms with Crippen molar-refractivity contribution in [1.82, 2.24) is 14.6 Å². The van der Waals surface area contributed by atoms with Gasteiger partial charge in [0.25, 0.3) is 0 Å². The van der Waals surface area contributed by atoms with Crippen molar-refractivity contribution in [1.29, 1.82) is 0 Å². The lowest BCUT2D eigenvalue weighted by Crippen LogP contribution is -2.14. The van der Waals surface area contributed by atoms with E-state index >= 15 is 0 Å². The molecule has 0 aliphatic rings. The van der Waals surface area contributed by atoms with E-state index in [4.69, 9.17) is 4.74 Å². The maximum absolute atomic E-state index is 11.6. The molecule has 0 amide bonds. The highest BCUT2D eigenvalue weighted by Gasteiger charge is 2.21. The fraction of sp³-hybridized carbons (Fsp3) is 0.417. The molecule has 0 saturated heterocycles. The van der Waals surface area contributed by atoms with E-state index in [2.05, 4.69) is 10.1 Å². The van der Waals surface area contributed by atoms with Crippen molar-refractivity contribution in [2.75, 3.05) is 7.11 Å². The molecule has 5 heteroatoms. The Morgan fingerprint density at radius 1 is 1.35 bits per heavy atom. The van der Waals surface area contributed by atoms with Crippen LogP contribution in [0.3, 0.4) is 0 Å². The van der Waals surface area contributed by atoms with Crippen LogP contribution in [0.2, 0.25) is 0 Å². The zero-order chi connectivity index (χ0) is 12.6. The van der Waals surface area contributed by atoms with E-state index in [0.717, 1.165) is 0 Å². The third-order valence-corrected chi connectivity index (χ3v) is 2.43. The van der Waals surface area contributed by atoms with Gasteiger partial charge in [0.1, 0.15) is 0 Å². The van der Waals surface area contributed by atoms with Crippen molar-refractivity contribution < 1.29 is 9.53 Å². The molecule has 90 valence electrons. The average molecular weight is 233 g/mol. The fourth-order valence-electron chi connectivity index (χ4n) is 1.48. The van der Waals surface area contributed by atoms with Gasteiger partial charge in [0.05, 0.1) is 7.11 Å². The predicted molar refractivity (Wildman–Crippen MR) is 63.0 cm³/mol. The maximum Gasteiger partial charge on any atom is 0.356 e. The molecule has 5 nitrogen and oxygen atoms in total. The van der Waals surface area contributed by atoms with E-state index in [1.54, 1.807) is 12.1 Å². The number of nitrogens with zero attached hydrogens (tertiary/aromatic N) is 3. The highest BCUT2D eigenvalue weighted by molar-refractivity contribution is 5.88. The summed E-state index contributed by atoms with van der Waals surface area (Å²) in [6, 6.07) is 5.25. The third-order valence-electron chi connectivity index (χ3n) is 2.43. The number of rotatable bonds is 1. The number of hydrogen-bond acceptors (Lipinski definition) is 4. The van der Waals surface area contributed by atoms with Gasteiger partial charge in [0.2, 0.25) is 0 Å². The first-order chi connectivity index (χ1) is 7.93. The van der Waals surface area contributed by atoms with E-state index < -0.39 is 5.97 Å². The Morgan fingerprint density at radius 3 is 2.65 bits per heavy atom. The molecule has 0 aliphatic heterocycles. The molecule has 0 aromatic carbocycles. The lowest BCUT2D eigenvalue weighted by Gasteiger charge is -2.11. The number of carbonyl (C=O) groups is 1. The van der Waals surface area contributed by atoms with Crippen molar-refractivity contribution in [2.45, 2.75) is 26.2 Å². The zero-order valence-corrected chi connectivity index (χ0v) is 10.4. The van der Waals surface area contributed by atoms with Gasteiger partial charge < -0.3 is 4.74 Å². The molecule has 0 fully saturated rings. The summed E-state index contributed by atoms with van der Waals surface area (Å²) in [6.45, 7) is 6.08. The molecular weight excluding hydrogens is 218 g/mol. The lowest BCUT2D eigenvalue weighted by molar-refractivity contribution is 0.0590. The van der Waals surface area contributed by atoms with Gasteiger partial charge in [0, 0.05) is 5.41 Å². The summed E-state index contributed by atoms with van der Waals surface area (Å²) in [4.78, 5) is 16.0. The van der Waals surface area contributed by atoms with Crippen LogP contribution >= 0.6 is 0 Å². The first-order valence-electron chi connectivity index (χ1n) is 5.38. The van der Waals surface area contributed by atoms with Crippen LogP contribution in [0.25, 0.3) is 5.65 Å². The van der Waals surface area contributed by atoms with Crippen LogP contribution in [0.15, 0.2) is 18.2 Å². The van der Waals surface area contributed by atoms with Crippen LogP contribution < -0.4 is 0 Å². The molecule has 2 aromatic rings. The van der Waals surface area contributed by atoms with Gasteiger partial charge >= 0.3 is 5.97 Å². The summed E-state index contributed by atoms with van der Waals surface area (Å²) in [5.74, 6) is 0.287. The molecule has 0 aliphatic carbocycles. The van der Waals surface area contributed by atoms with Gasteiger partial charge in [-0.3, -0.25) is 0 Å². The van der Waals surface area contributed by atoms with E-state index in [0.29, 0.717) is 17.2 Å². The molecule has 0 bridgehead atoms. The molecule has 17 heavy (non-hydrogen) atoms. The SMILES string of the molecule is COC(=O)c1cccc2nc(C(C)(C)C)nn12. The number of esters is 1. The Hall–Kier alpha value is -1.91. The Kier molecular flexibility index (Phi) is 2.61. The molecule has 0 unspecified atom stereocenters. The molecule has 0 atom stereocenters. The van der Waals surface area contributed by atoms with Crippen LogP contribution in [0.4, 0.5) is 0 Å². The Morgan fingerprint density at radius 2 is 2.06 bits per heavy atom. The van der Waals surface area contributed by atoms with Crippen LogP contribution in [0.1, 0.15) is 37.1 Å². The maximum atomic E-state index is 11.6. The van der Waals surface area contributed by atoms with Crippen molar-refractivity contribution in [3.8, 4) is 0 Å². The van der Waals surface area contributed by atoms with Crippen molar-refractivity contribution in [3.63, 3.8) is 0 Å². The number of aromatic nitrogens is 3. The second-order valence-electron chi connectivity index (χ2n) is 4.86. The van der Waals surface area contributed by atoms with Crippen molar-refractivity contribution in [3.05, 3.63) is 29.7 Å². The molecule has 2 heterocycles. The predicted octanol–water partition coefficient (Wildman–Crippen LogP) is 1.81. The van der Waals surface area contributed by atoms with Gasteiger partial charge in [-0.2, -0.15) is 0 Å². The molecule has 0 N–H and O–H groups in total. The normalized spacial score (nSPS) is 11.8. The second kappa shape index (κ2) is 3.84. The number of methoxy groups -OCH3 is 1. The van der Waals surface area contributed by atoms with E-state index in [-0.39, 0.29) is 5.41 Å². The monoisotopic (exact) mass is 233 g/mol. The lowest BCUT2D eigenvalue weighted by atomic mass is 9.96.